The van der Waals surface area contributed by atoms with Gasteiger partial charge in [0.25, 0.3) is 0 Å². The van der Waals surface area contributed by atoms with Crippen molar-refractivity contribution in [2.75, 3.05) is 13.7 Å². The van der Waals surface area contributed by atoms with Gasteiger partial charge in [-0.2, -0.15) is 0 Å². The van der Waals surface area contributed by atoms with Crippen molar-refractivity contribution in [3.05, 3.63) is 29.3 Å². The molecule has 2 heteroatoms. The van der Waals surface area contributed by atoms with Crippen molar-refractivity contribution in [1.29, 1.82) is 0 Å². The topological polar surface area (TPSA) is 21.3 Å². The highest BCUT2D eigenvalue weighted by Crippen LogP contribution is 2.35. The largest absolute Gasteiger partial charge is 0.497 e. The van der Waals surface area contributed by atoms with Crippen LogP contribution in [0.25, 0.3) is 0 Å². The molecule has 0 amide bonds. The van der Waals surface area contributed by atoms with Crippen molar-refractivity contribution in [2.45, 2.75) is 57.9 Å². The molecule has 0 aliphatic heterocycles. The van der Waals surface area contributed by atoms with Gasteiger partial charge in [-0.05, 0) is 68.3 Å². The van der Waals surface area contributed by atoms with Crippen LogP contribution in [0.1, 0.15) is 56.1 Å². The van der Waals surface area contributed by atoms with Gasteiger partial charge in [0.05, 0.1) is 7.11 Å². The number of rotatable bonds is 5. The third-order valence-electron chi connectivity index (χ3n) is 4.27. The minimum absolute atomic E-state index is 0.709. The maximum absolute atomic E-state index is 5.30. The van der Waals surface area contributed by atoms with Crippen LogP contribution in [0.3, 0.4) is 0 Å². The molecule has 19 heavy (non-hydrogen) atoms. The Morgan fingerprint density at radius 2 is 2.16 bits per heavy atom. The SMILES string of the molecule is CCCNC1CCCC(c2ccc(OC)cc2C)C1. The molecule has 1 N–H and O–H groups in total. The van der Waals surface area contributed by atoms with E-state index < -0.39 is 0 Å². The lowest BCUT2D eigenvalue weighted by molar-refractivity contribution is 0.339. The van der Waals surface area contributed by atoms with E-state index in [0.29, 0.717) is 12.0 Å². The first kappa shape index (κ1) is 14.4. The zero-order valence-corrected chi connectivity index (χ0v) is 12.5. The van der Waals surface area contributed by atoms with Crippen LogP contribution in [0.5, 0.6) is 5.75 Å². The molecule has 2 rings (SSSR count). The summed E-state index contributed by atoms with van der Waals surface area (Å²) in [4.78, 5) is 0. The Labute approximate surface area is 117 Å². The van der Waals surface area contributed by atoms with E-state index >= 15 is 0 Å². The minimum Gasteiger partial charge on any atom is -0.497 e. The quantitative estimate of drug-likeness (QED) is 0.864. The number of hydrogen-bond acceptors (Lipinski definition) is 2. The normalized spacial score (nSPS) is 23.3. The highest BCUT2D eigenvalue weighted by Gasteiger charge is 2.23. The second-order valence-electron chi connectivity index (χ2n) is 5.74. The van der Waals surface area contributed by atoms with E-state index in [-0.39, 0.29) is 0 Å². The molecular weight excluding hydrogens is 234 g/mol. The summed E-state index contributed by atoms with van der Waals surface area (Å²) in [6.45, 7) is 5.60. The average molecular weight is 261 g/mol. The molecule has 1 saturated carbocycles. The second-order valence-corrected chi connectivity index (χ2v) is 5.74. The van der Waals surface area contributed by atoms with E-state index in [1.165, 1.54) is 43.2 Å². The first-order valence-corrected chi connectivity index (χ1v) is 7.62. The molecule has 1 aliphatic carbocycles. The number of benzene rings is 1. The molecule has 1 aromatic rings. The third kappa shape index (κ3) is 3.73. The smallest absolute Gasteiger partial charge is 0.119 e. The van der Waals surface area contributed by atoms with Gasteiger partial charge in [0.2, 0.25) is 0 Å². The summed E-state index contributed by atoms with van der Waals surface area (Å²) in [6.07, 6.45) is 6.52. The second kappa shape index (κ2) is 6.95. The molecule has 1 fully saturated rings. The summed E-state index contributed by atoms with van der Waals surface area (Å²) in [5.74, 6) is 1.69. The predicted octanol–water partition coefficient (Wildman–Crippen LogP) is 4.03. The molecule has 0 saturated heterocycles. The van der Waals surface area contributed by atoms with Gasteiger partial charge in [0.15, 0.2) is 0 Å². The molecule has 2 atom stereocenters. The lowest BCUT2D eigenvalue weighted by Crippen LogP contribution is -2.34. The summed E-state index contributed by atoms with van der Waals surface area (Å²) < 4.78 is 5.30. The molecule has 1 aliphatic rings. The summed E-state index contributed by atoms with van der Waals surface area (Å²) in [6, 6.07) is 7.24. The third-order valence-corrected chi connectivity index (χ3v) is 4.27. The fourth-order valence-electron chi connectivity index (χ4n) is 3.24. The summed E-state index contributed by atoms with van der Waals surface area (Å²) in [5, 5.41) is 3.69. The van der Waals surface area contributed by atoms with Gasteiger partial charge in [-0.15, -0.1) is 0 Å². The molecule has 0 heterocycles. The lowest BCUT2D eigenvalue weighted by atomic mass is 9.80. The Morgan fingerprint density at radius 3 is 2.84 bits per heavy atom. The standard InChI is InChI=1S/C17H27NO/c1-4-10-18-15-7-5-6-14(12-15)17-9-8-16(19-3)11-13(17)2/h8-9,11,14-15,18H,4-7,10,12H2,1-3H3. The van der Waals surface area contributed by atoms with E-state index in [2.05, 4.69) is 37.4 Å². The van der Waals surface area contributed by atoms with E-state index in [0.717, 1.165) is 12.3 Å². The summed E-state index contributed by atoms with van der Waals surface area (Å²) in [5.41, 5.74) is 2.89. The van der Waals surface area contributed by atoms with Crippen molar-refractivity contribution in [2.24, 2.45) is 0 Å². The minimum atomic E-state index is 0.709. The van der Waals surface area contributed by atoms with E-state index in [9.17, 15) is 0 Å². The zero-order chi connectivity index (χ0) is 13.7. The maximum Gasteiger partial charge on any atom is 0.119 e. The van der Waals surface area contributed by atoms with Crippen LogP contribution in [0.2, 0.25) is 0 Å². The lowest BCUT2D eigenvalue weighted by Gasteiger charge is -2.31. The first-order valence-electron chi connectivity index (χ1n) is 7.62. The highest BCUT2D eigenvalue weighted by molar-refractivity contribution is 5.37. The zero-order valence-electron chi connectivity index (χ0n) is 12.5. The van der Waals surface area contributed by atoms with Gasteiger partial charge in [0.1, 0.15) is 5.75 Å². The molecule has 0 spiro atoms. The number of ether oxygens (including phenoxy) is 1. The summed E-state index contributed by atoms with van der Waals surface area (Å²) in [7, 11) is 1.74. The van der Waals surface area contributed by atoms with Crippen molar-refractivity contribution >= 4 is 0 Å². The van der Waals surface area contributed by atoms with Gasteiger partial charge >= 0.3 is 0 Å². The first-order chi connectivity index (χ1) is 9.24. The monoisotopic (exact) mass is 261 g/mol. The fraction of sp³-hybridized carbons (Fsp3) is 0.647. The predicted molar refractivity (Wildman–Crippen MR) is 81.0 cm³/mol. The van der Waals surface area contributed by atoms with E-state index in [1.54, 1.807) is 7.11 Å². The van der Waals surface area contributed by atoms with Crippen LogP contribution in [0, 0.1) is 6.92 Å². The average Bonchev–Trinajstić information content (AvgIpc) is 2.45. The Morgan fingerprint density at radius 1 is 1.32 bits per heavy atom. The maximum atomic E-state index is 5.30. The number of nitrogens with one attached hydrogen (secondary N) is 1. The molecule has 0 aromatic heterocycles. The Balaban J connectivity index is 2.04. The Hall–Kier alpha value is -1.02. The number of aryl methyl sites for hydroxylation is 1. The Kier molecular flexibility index (Phi) is 5.26. The van der Waals surface area contributed by atoms with Crippen LogP contribution >= 0.6 is 0 Å². The molecule has 2 unspecified atom stereocenters. The molecular formula is C17H27NO. The van der Waals surface area contributed by atoms with Gasteiger partial charge in [-0.3, -0.25) is 0 Å². The molecule has 1 aromatic carbocycles. The van der Waals surface area contributed by atoms with Crippen LogP contribution in [0.15, 0.2) is 18.2 Å². The fourth-order valence-corrected chi connectivity index (χ4v) is 3.24. The Bertz CT molecular complexity index is 402. The van der Waals surface area contributed by atoms with E-state index in [1.807, 2.05) is 0 Å². The highest BCUT2D eigenvalue weighted by atomic mass is 16.5. The summed E-state index contributed by atoms with van der Waals surface area (Å²) >= 11 is 0. The molecule has 106 valence electrons. The van der Waals surface area contributed by atoms with Crippen molar-refractivity contribution in [1.82, 2.24) is 5.32 Å². The van der Waals surface area contributed by atoms with Gasteiger partial charge in [-0.25, -0.2) is 0 Å². The molecule has 2 nitrogen and oxygen atoms in total. The molecule has 0 radical (unpaired) electrons. The van der Waals surface area contributed by atoms with Crippen LogP contribution in [-0.2, 0) is 0 Å². The van der Waals surface area contributed by atoms with Gasteiger partial charge in [0, 0.05) is 6.04 Å². The van der Waals surface area contributed by atoms with Crippen molar-refractivity contribution < 1.29 is 4.74 Å². The van der Waals surface area contributed by atoms with E-state index in [4.69, 9.17) is 4.74 Å². The van der Waals surface area contributed by atoms with Crippen molar-refractivity contribution in [3.63, 3.8) is 0 Å². The number of hydrogen-bond donors (Lipinski definition) is 1. The van der Waals surface area contributed by atoms with Crippen LogP contribution in [-0.4, -0.2) is 19.7 Å². The molecule has 0 bridgehead atoms. The van der Waals surface area contributed by atoms with Crippen LogP contribution in [0.4, 0.5) is 0 Å². The van der Waals surface area contributed by atoms with Gasteiger partial charge in [-0.1, -0.05) is 19.4 Å². The van der Waals surface area contributed by atoms with Crippen LogP contribution < -0.4 is 10.1 Å². The number of methoxy groups -OCH3 is 1. The van der Waals surface area contributed by atoms with Gasteiger partial charge < -0.3 is 10.1 Å². The van der Waals surface area contributed by atoms with Crippen molar-refractivity contribution in [3.8, 4) is 5.75 Å².